The molecular weight excluding hydrogens is 587 g/mol. The molecule has 0 bridgehead atoms. The van der Waals surface area contributed by atoms with Crippen molar-refractivity contribution in [3.05, 3.63) is 92.4 Å². The Morgan fingerprint density at radius 2 is 1.39 bits per heavy atom. The van der Waals surface area contributed by atoms with Gasteiger partial charge < -0.3 is 9.47 Å². The van der Waals surface area contributed by atoms with Crippen LogP contribution in [0.5, 0.6) is 0 Å². The number of hydrogen-bond donors (Lipinski definition) is 0. The van der Waals surface area contributed by atoms with Crippen LogP contribution in [0.2, 0.25) is 10.0 Å². The molecule has 0 unspecified atom stereocenters. The van der Waals surface area contributed by atoms with E-state index in [4.69, 9.17) is 23.2 Å². The third-order valence-electron chi connectivity index (χ3n) is 10.4. The number of Topliss-reactive ketones (excluding diaryl/α,β-unsaturated/α-hetero) is 2. The Labute approximate surface area is 271 Å². The number of fused-ring (bicyclic) bond motifs is 1. The highest BCUT2D eigenvalue weighted by atomic mass is 35.5. The second kappa shape index (κ2) is 10.9. The second-order valence-electron chi connectivity index (χ2n) is 15.2. The largest absolute Gasteiger partial charge is 0.345 e. The first-order valence-electron chi connectivity index (χ1n) is 16.3. The molecule has 0 amide bonds. The van der Waals surface area contributed by atoms with Crippen molar-refractivity contribution in [3.8, 4) is 0 Å². The molecule has 2 aromatic carbocycles. The van der Waals surface area contributed by atoms with Crippen LogP contribution in [0.4, 0.5) is 0 Å². The Kier molecular flexibility index (Phi) is 7.41. The highest BCUT2D eigenvalue weighted by Crippen LogP contribution is 2.56. The van der Waals surface area contributed by atoms with E-state index in [9.17, 15) is 9.59 Å². The van der Waals surface area contributed by atoms with Gasteiger partial charge in [0.25, 0.3) is 0 Å². The standard InChI is InChI=1S/C38H42Cl2N2O2/c1-37(2)17-30-35(32(43)19-37)34(36-31(18-38(3,4)20-33(36)44)42(30)24-10-6-5-7-11-24)26-22-41(29-13-9-8-12-25(26)29)21-23-14-15-27(39)28(40)16-23/h8-9,12-16,22,24,34H,5-7,10-11,17-21H2,1-4H3. The maximum Gasteiger partial charge on any atom is 0.162 e. The topological polar surface area (TPSA) is 42.3 Å². The highest BCUT2D eigenvalue weighted by Gasteiger charge is 2.50. The van der Waals surface area contributed by atoms with E-state index >= 15 is 0 Å². The lowest BCUT2D eigenvalue weighted by Crippen LogP contribution is -2.48. The molecule has 7 rings (SSSR count). The number of halogens is 2. The van der Waals surface area contributed by atoms with Crippen LogP contribution in [-0.2, 0) is 16.1 Å². The van der Waals surface area contributed by atoms with Gasteiger partial charge in [0, 0.05) is 71.0 Å². The number of rotatable bonds is 4. The predicted molar refractivity (Wildman–Crippen MR) is 179 cm³/mol. The normalized spacial score (nSPS) is 22.5. The van der Waals surface area contributed by atoms with Crippen LogP contribution in [0.3, 0.4) is 0 Å². The number of nitrogens with zero attached hydrogens (tertiary/aromatic N) is 2. The van der Waals surface area contributed by atoms with Crippen molar-refractivity contribution in [2.75, 3.05) is 0 Å². The van der Waals surface area contributed by atoms with E-state index in [1.54, 1.807) is 0 Å². The summed E-state index contributed by atoms with van der Waals surface area (Å²) in [6.07, 6.45) is 10.8. The van der Waals surface area contributed by atoms with Crippen LogP contribution in [0.25, 0.3) is 10.9 Å². The van der Waals surface area contributed by atoms with E-state index in [0.29, 0.717) is 35.5 Å². The van der Waals surface area contributed by atoms with E-state index < -0.39 is 0 Å². The third kappa shape index (κ3) is 5.16. The molecule has 2 heterocycles. The summed E-state index contributed by atoms with van der Waals surface area (Å²) in [6, 6.07) is 14.5. The summed E-state index contributed by atoms with van der Waals surface area (Å²) in [7, 11) is 0. The van der Waals surface area contributed by atoms with Crippen molar-refractivity contribution < 1.29 is 9.59 Å². The number of carbonyl (C=O) groups is 2. The molecule has 0 N–H and O–H groups in total. The first-order valence-corrected chi connectivity index (χ1v) is 17.0. The average molecular weight is 630 g/mol. The molecule has 0 spiro atoms. The maximum absolute atomic E-state index is 14.4. The fourth-order valence-electron chi connectivity index (χ4n) is 8.56. The smallest absolute Gasteiger partial charge is 0.162 e. The Morgan fingerprint density at radius 1 is 0.773 bits per heavy atom. The number of hydrogen-bond acceptors (Lipinski definition) is 3. The summed E-state index contributed by atoms with van der Waals surface area (Å²) in [6.45, 7) is 9.52. The third-order valence-corrected chi connectivity index (χ3v) is 11.1. The van der Waals surface area contributed by atoms with Crippen LogP contribution in [0, 0.1) is 10.8 Å². The van der Waals surface area contributed by atoms with Gasteiger partial charge in [-0.05, 0) is 65.8 Å². The number of para-hydroxylation sites is 1. The van der Waals surface area contributed by atoms with Crippen molar-refractivity contribution >= 4 is 45.7 Å². The molecule has 1 saturated carbocycles. The van der Waals surface area contributed by atoms with E-state index in [-0.39, 0.29) is 28.3 Å². The minimum Gasteiger partial charge on any atom is -0.345 e. The highest BCUT2D eigenvalue weighted by molar-refractivity contribution is 6.42. The number of benzene rings is 2. The first kappa shape index (κ1) is 29.9. The summed E-state index contributed by atoms with van der Waals surface area (Å²) in [4.78, 5) is 31.4. The molecule has 0 saturated heterocycles. The van der Waals surface area contributed by atoms with Gasteiger partial charge in [0.15, 0.2) is 11.6 Å². The van der Waals surface area contributed by atoms with Gasteiger partial charge in [-0.3, -0.25) is 9.59 Å². The van der Waals surface area contributed by atoms with Gasteiger partial charge in [-0.2, -0.15) is 0 Å². The van der Waals surface area contributed by atoms with Crippen LogP contribution >= 0.6 is 23.2 Å². The summed E-state index contributed by atoms with van der Waals surface area (Å²) in [5, 5.41) is 2.17. The van der Waals surface area contributed by atoms with Gasteiger partial charge in [-0.25, -0.2) is 0 Å². The van der Waals surface area contributed by atoms with E-state index in [0.717, 1.165) is 58.9 Å². The lowest BCUT2D eigenvalue weighted by molar-refractivity contribution is -0.119. The van der Waals surface area contributed by atoms with Gasteiger partial charge in [-0.1, -0.05) is 94.4 Å². The number of carbonyl (C=O) groups excluding carboxylic acids is 2. The molecule has 44 heavy (non-hydrogen) atoms. The molecule has 3 aliphatic carbocycles. The van der Waals surface area contributed by atoms with E-state index in [1.165, 1.54) is 30.7 Å². The Morgan fingerprint density at radius 3 is 2.00 bits per heavy atom. The molecule has 0 atom stereocenters. The molecule has 1 aliphatic heterocycles. The quantitative estimate of drug-likeness (QED) is 0.289. The van der Waals surface area contributed by atoms with Crippen molar-refractivity contribution in [3.63, 3.8) is 0 Å². The zero-order chi connectivity index (χ0) is 31.0. The molecule has 4 nitrogen and oxygen atoms in total. The molecule has 0 radical (unpaired) electrons. The Hall–Kier alpha value is -2.82. The molecule has 4 aliphatic rings. The molecular formula is C38H42Cl2N2O2. The Bertz CT molecular complexity index is 1700. The predicted octanol–water partition coefficient (Wildman–Crippen LogP) is 10.0. The summed E-state index contributed by atoms with van der Waals surface area (Å²) in [5.41, 5.74) is 7.07. The van der Waals surface area contributed by atoms with Gasteiger partial charge in [0.1, 0.15) is 0 Å². The van der Waals surface area contributed by atoms with Crippen molar-refractivity contribution in [1.82, 2.24) is 9.47 Å². The minimum atomic E-state index is -0.355. The molecule has 1 aromatic heterocycles. The first-order chi connectivity index (χ1) is 20.9. The molecule has 3 aromatic rings. The SMILES string of the molecule is CC1(C)CC(=O)C2=C(C1)N(C1CCCCC1)C1=C(C(=O)CC(C)(C)C1)C2c1cn(Cc2ccc(Cl)c(Cl)c2)c2ccccc12. The second-order valence-corrected chi connectivity index (χ2v) is 16.0. The van der Waals surface area contributed by atoms with Gasteiger partial charge in [-0.15, -0.1) is 0 Å². The van der Waals surface area contributed by atoms with Crippen LogP contribution in [-0.4, -0.2) is 27.1 Å². The van der Waals surface area contributed by atoms with Crippen LogP contribution in [0.15, 0.2) is 71.2 Å². The van der Waals surface area contributed by atoms with Crippen LogP contribution < -0.4 is 0 Å². The molecule has 1 fully saturated rings. The number of aromatic nitrogens is 1. The monoisotopic (exact) mass is 628 g/mol. The summed E-state index contributed by atoms with van der Waals surface area (Å²) in [5.74, 6) is 0.0483. The number of ketones is 2. The van der Waals surface area contributed by atoms with Gasteiger partial charge in [0.05, 0.1) is 10.0 Å². The minimum absolute atomic E-state index is 0.124. The van der Waals surface area contributed by atoms with Gasteiger partial charge in [0.2, 0.25) is 0 Å². The van der Waals surface area contributed by atoms with Gasteiger partial charge >= 0.3 is 0 Å². The Balaban J connectivity index is 1.46. The molecule has 6 heteroatoms. The van der Waals surface area contributed by atoms with Crippen LogP contribution in [0.1, 0.15) is 103 Å². The lowest BCUT2D eigenvalue weighted by Gasteiger charge is -2.52. The number of allylic oxidation sites excluding steroid dienone is 4. The zero-order valence-corrected chi connectivity index (χ0v) is 27.8. The molecule has 230 valence electrons. The van der Waals surface area contributed by atoms with Crippen molar-refractivity contribution in [1.29, 1.82) is 0 Å². The summed E-state index contributed by atoms with van der Waals surface area (Å²) >= 11 is 12.6. The van der Waals surface area contributed by atoms with Crippen molar-refractivity contribution in [2.24, 2.45) is 10.8 Å². The van der Waals surface area contributed by atoms with E-state index in [2.05, 4.69) is 67.6 Å². The summed E-state index contributed by atoms with van der Waals surface area (Å²) < 4.78 is 2.24. The van der Waals surface area contributed by atoms with Crippen molar-refractivity contribution in [2.45, 2.75) is 104 Å². The zero-order valence-electron chi connectivity index (χ0n) is 26.3. The maximum atomic E-state index is 14.4. The fraction of sp³-hybridized carbons (Fsp3) is 0.474. The average Bonchev–Trinajstić information content (AvgIpc) is 3.31. The van der Waals surface area contributed by atoms with E-state index in [1.807, 2.05) is 18.2 Å². The lowest BCUT2D eigenvalue weighted by atomic mass is 9.63. The fourth-order valence-corrected chi connectivity index (χ4v) is 8.88.